The van der Waals surface area contributed by atoms with Crippen molar-refractivity contribution in [1.82, 2.24) is 5.32 Å². The van der Waals surface area contributed by atoms with E-state index in [2.05, 4.69) is 5.32 Å². The average Bonchev–Trinajstić information content (AvgIpc) is 2.96. The van der Waals surface area contributed by atoms with Gasteiger partial charge in [-0.25, -0.2) is 0 Å². The maximum absolute atomic E-state index is 5.82. The first kappa shape index (κ1) is 13.3. The molecule has 2 saturated carbocycles. The second-order valence-electron chi connectivity index (χ2n) is 6.06. The Morgan fingerprint density at radius 2 is 2.06 bits per heavy atom. The van der Waals surface area contributed by atoms with Crippen molar-refractivity contribution in [3.63, 3.8) is 0 Å². The van der Waals surface area contributed by atoms with Crippen molar-refractivity contribution >= 4 is 0 Å². The molecule has 100 valence electrons. The van der Waals surface area contributed by atoms with Crippen LogP contribution in [0.1, 0.15) is 38.5 Å². The highest BCUT2D eigenvalue weighted by atomic mass is 16.5. The number of nitrogens with one attached hydrogen (secondary N) is 1. The molecular weight excluding hydrogens is 212 g/mol. The molecule has 0 spiro atoms. The monoisotopic (exact) mass is 240 g/mol. The fourth-order valence-corrected chi connectivity index (χ4v) is 3.23. The van der Waals surface area contributed by atoms with Gasteiger partial charge in [0.25, 0.3) is 0 Å². The molecule has 2 fully saturated rings. The number of hydrogen-bond donors (Lipinski definition) is 2. The van der Waals surface area contributed by atoms with Crippen LogP contribution >= 0.6 is 0 Å². The Balaban J connectivity index is 1.62. The van der Waals surface area contributed by atoms with E-state index >= 15 is 0 Å². The molecule has 3 N–H and O–H groups in total. The van der Waals surface area contributed by atoms with Crippen molar-refractivity contribution in [2.24, 2.45) is 23.0 Å². The predicted octanol–water partition coefficient (Wildman–Crippen LogP) is 1.77. The van der Waals surface area contributed by atoms with Gasteiger partial charge in [-0.3, -0.25) is 0 Å². The summed E-state index contributed by atoms with van der Waals surface area (Å²) < 4.78 is 5.19. The van der Waals surface area contributed by atoms with E-state index in [-0.39, 0.29) is 0 Å². The van der Waals surface area contributed by atoms with E-state index in [0.717, 1.165) is 25.0 Å². The fourth-order valence-electron chi connectivity index (χ4n) is 3.23. The van der Waals surface area contributed by atoms with Crippen molar-refractivity contribution < 1.29 is 4.74 Å². The standard InChI is InChI=1S/C14H28N2O/c1-17-8-7-14(5-6-14)11-16-10-13-4-2-3-12(13)9-15/h12-13,16H,2-11,15H2,1H3. The number of ether oxygens (including phenoxy) is 1. The Hall–Kier alpha value is -0.120. The van der Waals surface area contributed by atoms with Crippen LogP contribution in [0.15, 0.2) is 0 Å². The smallest absolute Gasteiger partial charge is 0.0468 e. The van der Waals surface area contributed by atoms with Gasteiger partial charge in [-0.2, -0.15) is 0 Å². The lowest BCUT2D eigenvalue weighted by atomic mass is 9.95. The summed E-state index contributed by atoms with van der Waals surface area (Å²) in [6.45, 7) is 4.15. The van der Waals surface area contributed by atoms with Gasteiger partial charge < -0.3 is 15.8 Å². The van der Waals surface area contributed by atoms with E-state index in [1.165, 1.54) is 51.6 Å². The highest BCUT2D eigenvalue weighted by molar-refractivity contribution is 4.95. The summed E-state index contributed by atoms with van der Waals surface area (Å²) >= 11 is 0. The van der Waals surface area contributed by atoms with Crippen molar-refractivity contribution in [3.8, 4) is 0 Å². The Morgan fingerprint density at radius 3 is 2.71 bits per heavy atom. The number of rotatable bonds is 8. The molecule has 3 nitrogen and oxygen atoms in total. The average molecular weight is 240 g/mol. The molecule has 2 aliphatic carbocycles. The first-order valence-electron chi connectivity index (χ1n) is 7.19. The Labute approximate surface area is 105 Å². The molecule has 0 bridgehead atoms. The van der Waals surface area contributed by atoms with Crippen LogP contribution in [0.4, 0.5) is 0 Å². The van der Waals surface area contributed by atoms with Crippen LogP contribution in [0.5, 0.6) is 0 Å². The highest BCUT2D eigenvalue weighted by Gasteiger charge is 2.41. The summed E-state index contributed by atoms with van der Waals surface area (Å²) in [4.78, 5) is 0. The molecule has 0 aliphatic heterocycles. The molecule has 2 atom stereocenters. The second-order valence-corrected chi connectivity index (χ2v) is 6.06. The van der Waals surface area contributed by atoms with Gasteiger partial charge in [0.1, 0.15) is 0 Å². The van der Waals surface area contributed by atoms with Gasteiger partial charge in [-0.1, -0.05) is 6.42 Å². The second kappa shape index (κ2) is 6.17. The molecule has 0 amide bonds. The van der Waals surface area contributed by atoms with E-state index in [9.17, 15) is 0 Å². The fraction of sp³-hybridized carbons (Fsp3) is 1.00. The third kappa shape index (κ3) is 3.67. The van der Waals surface area contributed by atoms with Gasteiger partial charge >= 0.3 is 0 Å². The van der Waals surface area contributed by atoms with Gasteiger partial charge in [0, 0.05) is 20.3 Å². The maximum Gasteiger partial charge on any atom is 0.0468 e. The summed E-state index contributed by atoms with van der Waals surface area (Å²) in [5.41, 5.74) is 6.39. The molecular formula is C14H28N2O. The SMILES string of the molecule is COCCC1(CNCC2CCCC2CN)CC1. The molecule has 0 radical (unpaired) electrons. The minimum atomic E-state index is 0.576. The largest absolute Gasteiger partial charge is 0.385 e. The van der Waals surface area contributed by atoms with Gasteiger partial charge in [0.15, 0.2) is 0 Å². The Kier molecular flexibility index (Phi) is 4.83. The van der Waals surface area contributed by atoms with Crippen LogP contribution in [-0.2, 0) is 4.74 Å². The molecule has 3 heteroatoms. The lowest BCUT2D eigenvalue weighted by Gasteiger charge is -2.21. The van der Waals surface area contributed by atoms with Gasteiger partial charge in [0.2, 0.25) is 0 Å². The molecule has 0 saturated heterocycles. The molecule has 0 heterocycles. The van der Waals surface area contributed by atoms with Gasteiger partial charge in [-0.05, 0) is 62.4 Å². The van der Waals surface area contributed by atoms with Crippen LogP contribution in [0.2, 0.25) is 0 Å². The van der Waals surface area contributed by atoms with E-state index < -0.39 is 0 Å². The van der Waals surface area contributed by atoms with Crippen LogP contribution < -0.4 is 11.1 Å². The van der Waals surface area contributed by atoms with Gasteiger partial charge in [-0.15, -0.1) is 0 Å². The number of hydrogen-bond acceptors (Lipinski definition) is 3. The third-order valence-corrected chi connectivity index (χ3v) is 4.82. The zero-order valence-electron chi connectivity index (χ0n) is 11.2. The van der Waals surface area contributed by atoms with Crippen LogP contribution in [0.25, 0.3) is 0 Å². The molecule has 17 heavy (non-hydrogen) atoms. The molecule has 0 aromatic rings. The lowest BCUT2D eigenvalue weighted by Crippen LogP contribution is -2.32. The zero-order valence-corrected chi connectivity index (χ0v) is 11.2. The quantitative estimate of drug-likeness (QED) is 0.680. The zero-order chi connectivity index (χ0) is 12.1. The summed E-state index contributed by atoms with van der Waals surface area (Å²) in [5.74, 6) is 1.61. The summed E-state index contributed by atoms with van der Waals surface area (Å²) in [5, 5.41) is 3.69. The van der Waals surface area contributed by atoms with Crippen LogP contribution in [0.3, 0.4) is 0 Å². The highest BCUT2D eigenvalue weighted by Crippen LogP contribution is 2.48. The van der Waals surface area contributed by atoms with Crippen molar-refractivity contribution in [1.29, 1.82) is 0 Å². The first-order valence-corrected chi connectivity index (χ1v) is 7.19. The van der Waals surface area contributed by atoms with Gasteiger partial charge in [0.05, 0.1) is 0 Å². The minimum absolute atomic E-state index is 0.576. The molecule has 2 rings (SSSR count). The molecule has 2 aliphatic rings. The summed E-state index contributed by atoms with van der Waals surface area (Å²) in [6, 6.07) is 0. The minimum Gasteiger partial charge on any atom is -0.385 e. The number of nitrogens with two attached hydrogens (primary N) is 1. The van der Waals surface area contributed by atoms with E-state index in [1.807, 2.05) is 0 Å². The van der Waals surface area contributed by atoms with Crippen molar-refractivity contribution in [2.75, 3.05) is 33.4 Å². The Morgan fingerprint density at radius 1 is 1.29 bits per heavy atom. The molecule has 0 aromatic carbocycles. The number of methoxy groups -OCH3 is 1. The maximum atomic E-state index is 5.82. The Bertz CT molecular complexity index is 228. The first-order chi connectivity index (χ1) is 8.29. The van der Waals surface area contributed by atoms with Crippen molar-refractivity contribution in [2.45, 2.75) is 38.5 Å². The summed E-state index contributed by atoms with van der Waals surface area (Å²) in [7, 11) is 1.80. The molecule has 2 unspecified atom stereocenters. The van der Waals surface area contributed by atoms with E-state index in [4.69, 9.17) is 10.5 Å². The lowest BCUT2D eigenvalue weighted by molar-refractivity contribution is 0.170. The predicted molar refractivity (Wildman–Crippen MR) is 70.9 cm³/mol. The normalized spacial score (nSPS) is 30.7. The van der Waals surface area contributed by atoms with E-state index in [0.29, 0.717) is 5.41 Å². The van der Waals surface area contributed by atoms with Crippen LogP contribution in [-0.4, -0.2) is 33.4 Å². The third-order valence-electron chi connectivity index (χ3n) is 4.82. The topological polar surface area (TPSA) is 47.3 Å². The van der Waals surface area contributed by atoms with Crippen LogP contribution in [0, 0.1) is 17.3 Å². The van der Waals surface area contributed by atoms with Crippen molar-refractivity contribution in [3.05, 3.63) is 0 Å². The summed E-state index contributed by atoms with van der Waals surface area (Å²) in [6.07, 6.45) is 8.09. The van der Waals surface area contributed by atoms with E-state index in [1.54, 1.807) is 7.11 Å². The molecule has 0 aromatic heterocycles.